The number of aliphatic hydroxyl groups is 1. The highest BCUT2D eigenvalue weighted by Gasteiger charge is 2.05. The van der Waals surface area contributed by atoms with Crippen LogP contribution in [-0.2, 0) is 6.42 Å². The molecule has 0 saturated carbocycles. The minimum absolute atomic E-state index is 0.270. The van der Waals surface area contributed by atoms with Gasteiger partial charge in [-0.1, -0.05) is 34.1 Å². The predicted molar refractivity (Wildman–Crippen MR) is 95.2 cm³/mol. The summed E-state index contributed by atoms with van der Waals surface area (Å²) in [4.78, 5) is 0. The largest absolute Gasteiger partial charge is 0.497 e. The summed E-state index contributed by atoms with van der Waals surface area (Å²) in [5.74, 6) is 1.61. The van der Waals surface area contributed by atoms with Gasteiger partial charge >= 0.3 is 0 Å². The van der Waals surface area contributed by atoms with E-state index in [0.717, 1.165) is 28.9 Å². The summed E-state index contributed by atoms with van der Waals surface area (Å²) in [7, 11) is 1.66. The molecule has 0 spiro atoms. The van der Waals surface area contributed by atoms with Crippen molar-refractivity contribution in [3.8, 4) is 11.5 Å². The zero-order valence-corrected chi connectivity index (χ0v) is 14.8. The maximum absolute atomic E-state index is 9.93. The van der Waals surface area contributed by atoms with Gasteiger partial charge in [0, 0.05) is 11.0 Å². The lowest BCUT2D eigenvalue weighted by atomic mass is 10.1. The van der Waals surface area contributed by atoms with Crippen molar-refractivity contribution >= 4 is 15.9 Å². The van der Waals surface area contributed by atoms with Crippen molar-refractivity contribution in [2.24, 2.45) is 0 Å². The van der Waals surface area contributed by atoms with E-state index in [2.05, 4.69) is 21.2 Å². The molecule has 0 aliphatic rings. The van der Waals surface area contributed by atoms with Gasteiger partial charge in [0.05, 0.1) is 7.11 Å². The fourth-order valence-corrected chi connectivity index (χ4v) is 2.48. The summed E-state index contributed by atoms with van der Waals surface area (Å²) in [5, 5.41) is 13.2. The highest BCUT2D eigenvalue weighted by Crippen LogP contribution is 2.17. The zero-order valence-electron chi connectivity index (χ0n) is 13.2. The molecule has 0 aliphatic carbocycles. The molecule has 2 N–H and O–H groups in total. The van der Waals surface area contributed by atoms with Gasteiger partial charge in [-0.25, -0.2) is 0 Å². The molecule has 0 aliphatic heterocycles. The van der Waals surface area contributed by atoms with E-state index in [1.54, 1.807) is 7.11 Å². The minimum Gasteiger partial charge on any atom is -0.497 e. The number of aliphatic hydroxyl groups excluding tert-OH is 1. The van der Waals surface area contributed by atoms with E-state index < -0.39 is 6.10 Å². The van der Waals surface area contributed by atoms with Crippen LogP contribution in [0.4, 0.5) is 0 Å². The maximum atomic E-state index is 9.93. The van der Waals surface area contributed by atoms with Crippen LogP contribution in [0, 0.1) is 0 Å². The van der Waals surface area contributed by atoms with Gasteiger partial charge < -0.3 is 19.9 Å². The Morgan fingerprint density at radius 2 is 1.91 bits per heavy atom. The van der Waals surface area contributed by atoms with Crippen LogP contribution < -0.4 is 14.8 Å². The summed E-state index contributed by atoms with van der Waals surface area (Å²) in [6, 6.07) is 15.6. The number of hydrogen-bond acceptors (Lipinski definition) is 4. The quantitative estimate of drug-likeness (QED) is 0.657. The second kappa shape index (κ2) is 9.55. The van der Waals surface area contributed by atoms with Gasteiger partial charge in [-0.15, -0.1) is 0 Å². The van der Waals surface area contributed by atoms with Gasteiger partial charge in [0.25, 0.3) is 0 Å². The summed E-state index contributed by atoms with van der Waals surface area (Å²) < 4.78 is 11.6. The van der Waals surface area contributed by atoms with Gasteiger partial charge in [0.15, 0.2) is 0 Å². The molecule has 124 valence electrons. The van der Waals surface area contributed by atoms with Crippen molar-refractivity contribution in [3.63, 3.8) is 0 Å². The lowest BCUT2D eigenvalue weighted by molar-refractivity contribution is 0.106. The molecule has 23 heavy (non-hydrogen) atoms. The molecule has 2 aromatic rings. The summed E-state index contributed by atoms with van der Waals surface area (Å²) in [6.45, 7) is 1.58. The molecule has 5 heteroatoms. The molecule has 0 unspecified atom stereocenters. The second-order valence-electron chi connectivity index (χ2n) is 5.22. The smallest absolute Gasteiger partial charge is 0.120 e. The Kier molecular flexibility index (Phi) is 7.39. The Morgan fingerprint density at radius 1 is 1.13 bits per heavy atom. The van der Waals surface area contributed by atoms with E-state index >= 15 is 0 Å². The standard InChI is InChI=1S/C18H22BrNO3/c1-22-17-7-5-14(6-8-17)9-10-20-12-16(21)13-23-18-4-2-3-15(19)11-18/h2-8,11,16,20-21H,9-10,12-13H2,1H3/t16-/m0/s1. The molecule has 0 heterocycles. The molecule has 0 amide bonds. The second-order valence-corrected chi connectivity index (χ2v) is 6.14. The first kappa shape index (κ1) is 17.8. The highest BCUT2D eigenvalue weighted by atomic mass is 79.9. The van der Waals surface area contributed by atoms with E-state index in [9.17, 15) is 5.11 Å². The van der Waals surface area contributed by atoms with E-state index in [-0.39, 0.29) is 6.61 Å². The van der Waals surface area contributed by atoms with Crippen LogP contribution in [0.5, 0.6) is 11.5 Å². The van der Waals surface area contributed by atoms with Gasteiger partial charge in [-0.2, -0.15) is 0 Å². The summed E-state index contributed by atoms with van der Waals surface area (Å²) >= 11 is 3.39. The van der Waals surface area contributed by atoms with Crippen molar-refractivity contribution in [2.75, 3.05) is 26.8 Å². The number of rotatable bonds is 9. The van der Waals surface area contributed by atoms with Gasteiger partial charge in [0.1, 0.15) is 24.2 Å². The van der Waals surface area contributed by atoms with Gasteiger partial charge in [-0.05, 0) is 48.9 Å². The molecule has 0 bridgehead atoms. The topological polar surface area (TPSA) is 50.7 Å². The van der Waals surface area contributed by atoms with Crippen LogP contribution in [-0.4, -0.2) is 38.0 Å². The number of ether oxygens (including phenoxy) is 2. The first-order valence-electron chi connectivity index (χ1n) is 7.57. The molecule has 1 atom stereocenters. The van der Waals surface area contributed by atoms with Crippen LogP contribution in [0.3, 0.4) is 0 Å². The Morgan fingerprint density at radius 3 is 2.61 bits per heavy atom. The third-order valence-electron chi connectivity index (χ3n) is 3.37. The monoisotopic (exact) mass is 379 g/mol. The Balaban J connectivity index is 1.61. The average Bonchev–Trinajstić information content (AvgIpc) is 2.57. The first-order chi connectivity index (χ1) is 11.2. The number of hydrogen-bond donors (Lipinski definition) is 2. The molecular formula is C18H22BrNO3. The van der Waals surface area contributed by atoms with E-state index in [0.29, 0.717) is 6.54 Å². The molecule has 0 radical (unpaired) electrons. The van der Waals surface area contributed by atoms with Crippen molar-refractivity contribution in [2.45, 2.75) is 12.5 Å². The van der Waals surface area contributed by atoms with Crippen LogP contribution >= 0.6 is 15.9 Å². The van der Waals surface area contributed by atoms with Crippen molar-refractivity contribution < 1.29 is 14.6 Å². The number of methoxy groups -OCH3 is 1. The fourth-order valence-electron chi connectivity index (χ4n) is 2.10. The van der Waals surface area contributed by atoms with Crippen LogP contribution in [0.15, 0.2) is 53.0 Å². The zero-order chi connectivity index (χ0) is 16.5. The summed E-state index contributed by atoms with van der Waals surface area (Å²) in [5.41, 5.74) is 1.23. The Labute approximate surface area is 145 Å². The SMILES string of the molecule is COc1ccc(CCNC[C@H](O)COc2cccc(Br)c2)cc1. The lowest BCUT2D eigenvalue weighted by Gasteiger charge is -2.13. The maximum Gasteiger partial charge on any atom is 0.120 e. The molecule has 0 saturated heterocycles. The molecule has 4 nitrogen and oxygen atoms in total. The molecule has 2 rings (SSSR count). The minimum atomic E-state index is -0.537. The van der Waals surface area contributed by atoms with Gasteiger partial charge in [-0.3, -0.25) is 0 Å². The van der Waals surface area contributed by atoms with Crippen molar-refractivity contribution in [1.82, 2.24) is 5.32 Å². The van der Waals surface area contributed by atoms with Crippen LogP contribution in [0.2, 0.25) is 0 Å². The number of halogens is 1. The fraction of sp³-hybridized carbons (Fsp3) is 0.333. The third kappa shape index (κ3) is 6.60. The van der Waals surface area contributed by atoms with E-state index in [1.165, 1.54) is 5.56 Å². The van der Waals surface area contributed by atoms with Crippen molar-refractivity contribution in [1.29, 1.82) is 0 Å². The number of benzene rings is 2. The predicted octanol–water partition coefficient (Wildman–Crippen LogP) is 3.03. The highest BCUT2D eigenvalue weighted by molar-refractivity contribution is 9.10. The third-order valence-corrected chi connectivity index (χ3v) is 3.86. The molecule has 2 aromatic carbocycles. The molecular weight excluding hydrogens is 358 g/mol. The summed E-state index contributed by atoms with van der Waals surface area (Å²) in [6.07, 6.45) is 0.369. The number of nitrogens with one attached hydrogen (secondary N) is 1. The van der Waals surface area contributed by atoms with Crippen LogP contribution in [0.1, 0.15) is 5.56 Å². The van der Waals surface area contributed by atoms with Crippen LogP contribution in [0.25, 0.3) is 0 Å². The Bertz CT molecular complexity index is 589. The average molecular weight is 380 g/mol. The van der Waals surface area contributed by atoms with Gasteiger partial charge in [0.2, 0.25) is 0 Å². The molecule has 0 fully saturated rings. The van der Waals surface area contributed by atoms with E-state index in [4.69, 9.17) is 9.47 Å². The normalized spacial score (nSPS) is 12.0. The first-order valence-corrected chi connectivity index (χ1v) is 8.37. The lowest BCUT2D eigenvalue weighted by Crippen LogP contribution is -2.32. The van der Waals surface area contributed by atoms with Crippen molar-refractivity contribution in [3.05, 3.63) is 58.6 Å². The molecule has 0 aromatic heterocycles. The Hall–Kier alpha value is -1.56. The van der Waals surface area contributed by atoms with E-state index in [1.807, 2.05) is 48.5 Å².